The number of halogens is 2. The van der Waals surface area contributed by atoms with Crippen LogP contribution in [0.3, 0.4) is 0 Å². The molecule has 2 rings (SSSR count). The van der Waals surface area contributed by atoms with Crippen LogP contribution in [0.15, 0.2) is 29.8 Å². The van der Waals surface area contributed by atoms with E-state index in [2.05, 4.69) is 0 Å². The molecule has 0 saturated carbocycles. The van der Waals surface area contributed by atoms with Crippen molar-refractivity contribution in [1.29, 1.82) is 0 Å². The molecule has 1 aromatic carbocycles. The smallest absolute Gasteiger partial charge is 0.335 e. The van der Waals surface area contributed by atoms with Crippen molar-refractivity contribution < 1.29 is 30.6 Å². The van der Waals surface area contributed by atoms with E-state index in [1.165, 1.54) is 6.92 Å². The molecule has 1 atom stereocenters. The molecular formula is C15H17ClFNO4S. The van der Waals surface area contributed by atoms with Gasteiger partial charge in [0.15, 0.2) is 1.41 Å². The SMILES string of the molecule is [2H]C1=C(C(=O)OCC)[C@H](S(=O)(=O)N([2H])c2ccc(F)cc2Cl)CC([2H])([2H])C1([2H])[2H]. The Hall–Kier alpha value is -1.60. The third-order valence-corrected chi connectivity index (χ3v) is 4.76. The van der Waals surface area contributed by atoms with Gasteiger partial charge in [-0.05, 0) is 44.3 Å². The van der Waals surface area contributed by atoms with Crippen LogP contribution >= 0.6 is 11.6 Å². The second-order valence-electron chi connectivity index (χ2n) is 4.46. The molecule has 0 spiro atoms. The zero-order valence-corrected chi connectivity index (χ0v) is 13.5. The van der Waals surface area contributed by atoms with Crippen molar-refractivity contribution in [3.05, 3.63) is 40.7 Å². The minimum absolute atomic E-state index is 0.0943. The molecule has 0 bridgehead atoms. The second-order valence-corrected chi connectivity index (χ2v) is 6.64. The van der Waals surface area contributed by atoms with Crippen molar-refractivity contribution in [3.8, 4) is 0 Å². The van der Waals surface area contributed by atoms with Crippen LogP contribution in [0.25, 0.3) is 0 Å². The number of sulfonamides is 1. The Morgan fingerprint density at radius 3 is 3.04 bits per heavy atom. The molecule has 8 heteroatoms. The lowest BCUT2D eigenvalue weighted by Gasteiger charge is -2.24. The van der Waals surface area contributed by atoms with Gasteiger partial charge >= 0.3 is 5.97 Å². The molecule has 1 aliphatic rings. The van der Waals surface area contributed by atoms with E-state index in [0.717, 1.165) is 18.2 Å². The van der Waals surface area contributed by atoms with Crippen LogP contribution in [0.2, 0.25) is 6.43 Å². The number of allylic oxidation sites excluding steroid dienone is 1. The Kier molecular flexibility index (Phi) is 3.51. The molecule has 126 valence electrons. The van der Waals surface area contributed by atoms with Gasteiger partial charge in [0.05, 0.1) is 24.3 Å². The van der Waals surface area contributed by atoms with Crippen LogP contribution in [0.5, 0.6) is 0 Å². The lowest BCUT2D eigenvalue weighted by molar-refractivity contribution is -0.138. The van der Waals surface area contributed by atoms with E-state index < -0.39 is 68.6 Å². The van der Waals surface area contributed by atoms with Crippen LogP contribution in [0, 0.1) is 5.82 Å². The van der Waals surface area contributed by atoms with E-state index in [0.29, 0.717) is 0 Å². The number of anilines is 1. The van der Waals surface area contributed by atoms with E-state index in [-0.39, 0.29) is 11.3 Å². The Labute approximate surface area is 148 Å². The summed E-state index contributed by atoms with van der Waals surface area (Å²) in [7, 11) is -4.91. The highest BCUT2D eigenvalue weighted by molar-refractivity contribution is 7.93. The van der Waals surface area contributed by atoms with Crippen molar-refractivity contribution in [1.82, 2.24) is 0 Å². The van der Waals surface area contributed by atoms with Crippen molar-refractivity contribution in [2.75, 3.05) is 11.3 Å². The highest BCUT2D eigenvalue weighted by Crippen LogP contribution is 2.30. The molecule has 1 N–H and O–H groups in total. The summed E-state index contributed by atoms with van der Waals surface area (Å²) in [5.74, 6) is -2.09. The van der Waals surface area contributed by atoms with E-state index in [9.17, 15) is 17.6 Å². The molecule has 0 amide bonds. The van der Waals surface area contributed by atoms with E-state index in [1.807, 2.05) is 0 Å². The molecule has 0 unspecified atom stereocenters. The predicted octanol–water partition coefficient (Wildman–Crippen LogP) is 3.26. The molecule has 0 aliphatic heterocycles. The summed E-state index contributed by atoms with van der Waals surface area (Å²) < 4.78 is 91.4. The number of nitrogens with one attached hydrogen (secondary N) is 1. The number of ether oxygens (including phenoxy) is 1. The maximum absolute atomic E-state index is 13.3. The largest absolute Gasteiger partial charge is 0.463 e. The third kappa shape index (κ3) is 4.23. The Bertz CT molecular complexity index is 972. The van der Waals surface area contributed by atoms with Crippen LogP contribution in [-0.2, 0) is 19.6 Å². The predicted molar refractivity (Wildman–Crippen MR) is 86.3 cm³/mol. The van der Waals surface area contributed by atoms with Gasteiger partial charge in [-0.25, -0.2) is 17.6 Å². The van der Waals surface area contributed by atoms with Crippen LogP contribution in [-0.4, -0.2) is 26.2 Å². The summed E-state index contributed by atoms with van der Waals surface area (Å²) in [5, 5.41) is -2.52. The number of hydrogen-bond acceptors (Lipinski definition) is 4. The first-order chi connectivity index (χ1) is 13.2. The van der Waals surface area contributed by atoms with Crippen LogP contribution < -0.4 is 4.72 Å². The topological polar surface area (TPSA) is 72.5 Å². The van der Waals surface area contributed by atoms with Crippen LogP contribution in [0.4, 0.5) is 10.1 Å². The van der Waals surface area contributed by atoms with Gasteiger partial charge in [-0.1, -0.05) is 17.7 Å². The molecule has 1 aromatic rings. The zero-order valence-electron chi connectivity index (χ0n) is 18.0. The lowest BCUT2D eigenvalue weighted by atomic mass is 9.99. The summed E-state index contributed by atoms with van der Waals surface area (Å²) in [5.41, 5.74) is -1.36. The Balaban J connectivity index is 2.67. The Morgan fingerprint density at radius 1 is 1.65 bits per heavy atom. The average molecular weight is 368 g/mol. The summed E-state index contributed by atoms with van der Waals surface area (Å²) in [6.45, 7) is 1.21. The van der Waals surface area contributed by atoms with Crippen molar-refractivity contribution in [3.63, 3.8) is 0 Å². The molecule has 0 heterocycles. The summed E-state index contributed by atoms with van der Waals surface area (Å²) in [4.78, 5) is 12.3. The van der Waals surface area contributed by atoms with E-state index in [1.54, 1.807) is 0 Å². The van der Waals surface area contributed by atoms with Crippen molar-refractivity contribution in [2.45, 2.75) is 31.3 Å². The fourth-order valence-corrected chi connectivity index (χ4v) is 3.41. The first-order valence-electron chi connectivity index (χ1n) is 9.49. The normalized spacial score (nSPS) is 26.8. The number of hydrogen-bond donors (Lipinski definition) is 1. The number of rotatable bonds is 5. The highest BCUT2D eigenvalue weighted by atomic mass is 35.5. The Morgan fingerprint density at radius 2 is 2.39 bits per heavy atom. The molecule has 0 aromatic heterocycles. The molecular weight excluding hydrogens is 345 g/mol. The minimum Gasteiger partial charge on any atom is -0.463 e. The van der Waals surface area contributed by atoms with Crippen molar-refractivity contribution >= 4 is 33.3 Å². The maximum atomic E-state index is 13.3. The zero-order chi connectivity index (χ0) is 22.4. The number of benzene rings is 1. The van der Waals surface area contributed by atoms with Gasteiger partial charge in [0, 0.05) is 5.48 Å². The highest BCUT2D eigenvalue weighted by Gasteiger charge is 2.35. The first kappa shape index (κ1) is 11.0. The maximum Gasteiger partial charge on any atom is 0.335 e. The van der Waals surface area contributed by atoms with Gasteiger partial charge in [0.2, 0.25) is 10.0 Å². The van der Waals surface area contributed by atoms with Gasteiger partial charge in [-0.3, -0.25) is 4.72 Å². The minimum atomic E-state index is -4.91. The number of esters is 1. The quantitative estimate of drug-likeness (QED) is 0.811. The summed E-state index contributed by atoms with van der Waals surface area (Å²) in [6, 6.07) is 1.35. The molecule has 0 fully saturated rings. The first-order valence-corrected chi connectivity index (χ1v) is 8.43. The van der Waals surface area contributed by atoms with Crippen LogP contribution in [0.1, 0.15) is 32.9 Å². The molecule has 0 saturated heterocycles. The van der Waals surface area contributed by atoms with E-state index >= 15 is 0 Å². The fraction of sp³-hybridized carbons (Fsp3) is 0.400. The third-order valence-electron chi connectivity index (χ3n) is 2.89. The molecule has 5 nitrogen and oxygen atoms in total. The number of carbonyl (C=O) groups excluding carboxylic acids is 1. The number of carbonyl (C=O) groups is 1. The van der Waals surface area contributed by atoms with Crippen molar-refractivity contribution in [2.24, 2.45) is 0 Å². The second kappa shape index (κ2) is 7.31. The summed E-state index contributed by atoms with van der Waals surface area (Å²) in [6.07, 6.45) is -6.86. The molecule has 0 radical (unpaired) electrons. The summed E-state index contributed by atoms with van der Waals surface area (Å²) >= 11 is 5.81. The standard InChI is InChI=1S/C15H17ClFNO4S/c1-2-22-15(19)11-5-3-4-6-14(11)23(20,21)18-13-8-7-10(17)9-12(13)16/h5,7-9,14,18H,2-4,6H2,1H3/t14-/m1/s1/i3D2,4D2,5D/hD. The van der Waals surface area contributed by atoms with E-state index in [4.69, 9.17) is 24.6 Å². The van der Waals surface area contributed by atoms with Gasteiger partial charge < -0.3 is 4.74 Å². The van der Waals surface area contributed by atoms with Gasteiger partial charge in [0.1, 0.15) is 11.1 Å². The fourth-order valence-electron chi connectivity index (χ4n) is 1.84. The average Bonchev–Trinajstić information content (AvgIpc) is 2.59. The van der Waals surface area contributed by atoms with Gasteiger partial charge in [0.25, 0.3) is 0 Å². The lowest BCUT2D eigenvalue weighted by Crippen LogP contribution is -2.34. The van der Waals surface area contributed by atoms with Gasteiger partial charge in [-0.2, -0.15) is 0 Å². The monoisotopic (exact) mass is 367 g/mol. The van der Waals surface area contributed by atoms with Gasteiger partial charge in [-0.15, -0.1) is 0 Å². The molecule has 23 heavy (non-hydrogen) atoms. The molecule has 1 aliphatic carbocycles.